The molecule has 0 radical (unpaired) electrons. The molecule has 0 fully saturated rings. The topological polar surface area (TPSA) is 92.9 Å². The molecule has 7 nitrogen and oxygen atoms in total. The Hall–Kier alpha value is -3.39. The second-order valence-corrected chi connectivity index (χ2v) is 8.14. The Bertz CT molecular complexity index is 1190. The number of amides is 1. The summed E-state index contributed by atoms with van der Waals surface area (Å²) in [4.78, 5) is 32.6. The molecule has 154 valence electrons. The lowest BCUT2D eigenvalue weighted by Gasteiger charge is -2.26. The van der Waals surface area contributed by atoms with Gasteiger partial charge in [0, 0.05) is 0 Å². The number of thiazole rings is 1. The van der Waals surface area contributed by atoms with Gasteiger partial charge in [0.25, 0.3) is 5.91 Å². The highest BCUT2D eigenvalue weighted by atomic mass is 32.1. The van der Waals surface area contributed by atoms with Crippen LogP contribution in [0, 0.1) is 20.8 Å². The summed E-state index contributed by atoms with van der Waals surface area (Å²) >= 11 is 1.23. The molecule has 0 spiro atoms. The molecule has 0 saturated heterocycles. The minimum atomic E-state index is -0.934. The van der Waals surface area contributed by atoms with Gasteiger partial charge in [-0.1, -0.05) is 12.1 Å². The number of anilines is 1. The van der Waals surface area contributed by atoms with Gasteiger partial charge in [0.05, 0.1) is 33.9 Å². The average molecular weight is 424 g/mol. The van der Waals surface area contributed by atoms with Crippen LogP contribution in [0.2, 0.25) is 0 Å². The lowest BCUT2D eigenvalue weighted by Crippen LogP contribution is -2.31. The second-order valence-electron chi connectivity index (χ2n) is 6.94. The normalized spacial score (nSPS) is 16.5. The van der Waals surface area contributed by atoms with Crippen LogP contribution in [0.3, 0.4) is 0 Å². The minimum Gasteiger partial charge on any atom is -0.503 e. The third-order valence-corrected chi connectivity index (χ3v) is 6.01. The van der Waals surface area contributed by atoms with Crippen LogP contribution in [-0.2, 0) is 4.79 Å². The third-order valence-electron chi connectivity index (χ3n) is 4.94. The van der Waals surface area contributed by atoms with Gasteiger partial charge in [-0.05, 0) is 45.0 Å². The lowest BCUT2D eigenvalue weighted by molar-refractivity contribution is -0.117. The Morgan fingerprint density at radius 3 is 2.53 bits per heavy atom. The molecule has 0 bridgehead atoms. The Kier molecular flexibility index (Phi) is 4.95. The molecule has 0 saturated carbocycles. The van der Waals surface area contributed by atoms with Gasteiger partial charge in [-0.25, -0.2) is 4.98 Å². The average Bonchev–Trinajstić information content (AvgIpc) is 3.37. The fourth-order valence-corrected chi connectivity index (χ4v) is 4.52. The fourth-order valence-electron chi connectivity index (χ4n) is 3.65. The van der Waals surface area contributed by atoms with Crippen LogP contribution in [-0.4, -0.2) is 28.9 Å². The Labute approximate surface area is 177 Å². The summed E-state index contributed by atoms with van der Waals surface area (Å²) in [7, 11) is 1.49. The summed E-state index contributed by atoms with van der Waals surface area (Å²) in [6, 6.07) is 9.45. The number of aromatic nitrogens is 1. The highest BCUT2D eigenvalue weighted by Gasteiger charge is 2.47. The number of ketones is 1. The van der Waals surface area contributed by atoms with Crippen LogP contribution in [0.25, 0.3) is 0 Å². The van der Waals surface area contributed by atoms with Crippen molar-refractivity contribution in [1.29, 1.82) is 0 Å². The van der Waals surface area contributed by atoms with E-state index in [1.54, 1.807) is 57.2 Å². The van der Waals surface area contributed by atoms with Crippen molar-refractivity contribution in [3.8, 4) is 5.75 Å². The molecule has 2 aromatic heterocycles. The van der Waals surface area contributed by atoms with Crippen molar-refractivity contribution in [2.24, 2.45) is 0 Å². The zero-order valence-corrected chi connectivity index (χ0v) is 17.7. The van der Waals surface area contributed by atoms with E-state index in [1.165, 1.54) is 23.3 Å². The second kappa shape index (κ2) is 7.46. The molecule has 3 aromatic rings. The number of hydrogen-bond donors (Lipinski definition) is 1. The van der Waals surface area contributed by atoms with Crippen molar-refractivity contribution < 1.29 is 23.8 Å². The lowest BCUT2D eigenvalue weighted by atomic mass is 9.99. The highest BCUT2D eigenvalue weighted by molar-refractivity contribution is 7.14. The summed E-state index contributed by atoms with van der Waals surface area (Å²) in [6.07, 6.45) is 0. The van der Waals surface area contributed by atoms with Gasteiger partial charge in [-0.3, -0.25) is 14.5 Å². The zero-order valence-electron chi connectivity index (χ0n) is 16.9. The highest BCUT2D eigenvalue weighted by Crippen LogP contribution is 2.45. The SMILES string of the molecule is COc1ccccc1N1C(=O)C(O)=C(C(=O)c2sc(C)nc2C)C1c1ccc(C)o1. The fraction of sp³-hybridized carbons (Fsp3) is 0.227. The Morgan fingerprint density at radius 1 is 1.20 bits per heavy atom. The maximum atomic E-state index is 13.5. The van der Waals surface area contributed by atoms with Crippen molar-refractivity contribution in [3.63, 3.8) is 0 Å². The first-order valence-electron chi connectivity index (χ1n) is 9.28. The number of carbonyl (C=O) groups is 2. The molecule has 1 unspecified atom stereocenters. The van der Waals surface area contributed by atoms with Gasteiger partial charge in [0.15, 0.2) is 5.76 Å². The maximum Gasteiger partial charge on any atom is 0.294 e. The van der Waals surface area contributed by atoms with Crippen LogP contribution < -0.4 is 9.64 Å². The molecule has 1 aliphatic rings. The van der Waals surface area contributed by atoms with Gasteiger partial charge < -0.3 is 14.3 Å². The summed E-state index contributed by atoms with van der Waals surface area (Å²) in [6.45, 7) is 5.31. The van der Waals surface area contributed by atoms with Crippen molar-refractivity contribution in [1.82, 2.24) is 4.98 Å². The number of benzene rings is 1. The first-order chi connectivity index (χ1) is 14.3. The number of Topliss-reactive ketones (excluding diaryl/α,β-unsaturated/α-hetero) is 1. The number of furan rings is 1. The first kappa shape index (κ1) is 19.9. The number of ether oxygens (including phenoxy) is 1. The molecule has 3 heterocycles. The molecular formula is C22H20N2O5S. The predicted molar refractivity (Wildman–Crippen MR) is 112 cm³/mol. The smallest absolute Gasteiger partial charge is 0.294 e. The summed E-state index contributed by atoms with van der Waals surface area (Å²) < 4.78 is 11.2. The number of carbonyl (C=O) groups excluding carboxylic acids is 2. The van der Waals surface area contributed by atoms with Gasteiger partial charge >= 0.3 is 0 Å². The van der Waals surface area contributed by atoms with E-state index in [0.29, 0.717) is 33.5 Å². The van der Waals surface area contributed by atoms with Crippen molar-refractivity contribution in [3.05, 3.63) is 74.8 Å². The van der Waals surface area contributed by atoms with Gasteiger partial charge in [0.1, 0.15) is 23.3 Å². The van der Waals surface area contributed by atoms with Gasteiger partial charge in [0.2, 0.25) is 5.78 Å². The maximum absolute atomic E-state index is 13.5. The van der Waals surface area contributed by atoms with E-state index in [9.17, 15) is 14.7 Å². The predicted octanol–water partition coefficient (Wildman–Crippen LogP) is 4.45. The number of aliphatic hydroxyl groups is 1. The molecule has 1 atom stereocenters. The number of aryl methyl sites for hydroxylation is 3. The van der Waals surface area contributed by atoms with E-state index < -0.39 is 23.5 Å². The number of hydrogen-bond acceptors (Lipinski definition) is 7. The molecule has 1 aromatic carbocycles. The van der Waals surface area contributed by atoms with E-state index in [0.717, 1.165) is 5.01 Å². The van der Waals surface area contributed by atoms with E-state index in [4.69, 9.17) is 9.15 Å². The van der Waals surface area contributed by atoms with Crippen molar-refractivity contribution in [2.45, 2.75) is 26.8 Å². The van der Waals surface area contributed by atoms with Gasteiger partial charge in [-0.15, -0.1) is 11.3 Å². The Balaban J connectivity index is 1.91. The number of rotatable bonds is 5. The standard InChI is InChI=1S/C22H20N2O5S/c1-11-9-10-16(29-11)18-17(19(25)21-12(2)23-13(3)30-21)20(26)22(27)24(18)14-7-5-6-8-15(14)28-4/h5-10,18,26H,1-4H3. The molecule has 4 rings (SSSR count). The molecule has 1 amide bonds. The van der Waals surface area contributed by atoms with E-state index in [2.05, 4.69) is 4.98 Å². The number of para-hydroxylation sites is 2. The van der Waals surface area contributed by atoms with Gasteiger partial charge in [-0.2, -0.15) is 0 Å². The molecule has 0 aliphatic carbocycles. The zero-order chi connectivity index (χ0) is 21.6. The number of methoxy groups -OCH3 is 1. The number of aliphatic hydroxyl groups excluding tert-OH is 1. The number of nitrogens with zero attached hydrogens (tertiary/aromatic N) is 2. The Morgan fingerprint density at radius 2 is 1.93 bits per heavy atom. The summed E-state index contributed by atoms with van der Waals surface area (Å²) in [5, 5.41) is 11.5. The largest absolute Gasteiger partial charge is 0.503 e. The van der Waals surface area contributed by atoms with Crippen molar-refractivity contribution >= 4 is 28.7 Å². The molecule has 1 N–H and O–H groups in total. The van der Waals surface area contributed by atoms with Crippen molar-refractivity contribution in [2.75, 3.05) is 12.0 Å². The monoisotopic (exact) mass is 424 g/mol. The third kappa shape index (κ3) is 3.09. The van der Waals surface area contributed by atoms with Crippen LogP contribution in [0.15, 0.2) is 52.1 Å². The molecule has 8 heteroatoms. The summed E-state index contributed by atoms with van der Waals surface area (Å²) in [5.41, 5.74) is 0.947. The molecule has 30 heavy (non-hydrogen) atoms. The molecule has 1 aliphatic heterocycles. The van der Waals surface area contributed by atoms with Crippen LogP contribution in [0.4, 0.5) is 5.69 Å². The van der Waals surface area contributed by atoms with E-state index in [1.807, 2.05) is 0 Å². The minimum absolute atomic E-state index is 0.0352. The van der Waals surface area contributed by atoms with Crippen LogP contribution in [0.1, 0.15) is 37.9 Å². The van der Waals surface area contributed by atoms with E-state index in [-0.39, 0.29) is 5.57 Å². The first-order valence-corrected chi connectivity index (χ1v) is 10.1. The summed E-state index contributed by atoms with van der Waals surface area (Å²) in [5.74, 6) is -0.305. The van der Waals surface area contributed by atoms with Crippen LogP contribution >= 0.6 is 11.3 Å². The molecular weight excluding hydrogens is 404 g/mol. The quantitative estimate of drug-likeness (QED) is 0.608. The van der Waals surface area contributed by atoms with Crippen LogP contribution in [0.5, 0.6) is 5.75 Å². The van der Waals surface area contributed by atoms with E-state index >= 15 is 0 Å².